The van der Waals surface area contributed by atoms with Crippen LogP contribution in [0, 0.1) is 0 Å². The van der Waals surface area contributed by atoms with E-state index in [0.29, 0.717) is 6.61 Å². The second-order valence-electron chi connectivity index (χ2n) is 2.60. The topological polar surface area (TPSA) is 21.6 Å². The van der Waals surface area contributed by atoms with Crippen molar-refractivity contribution in [3.05, 3.63) is 0 Å². The monoisotopic (exact) mass is 157 g/mol. The van der Waals surface area contributed by atoms with E-state index in [1.54, 1.807) is 7.11 Å². The minimum absolute atomic E-state index is 0.647. The number of hydrogen-bond donors (Lipinski definition) is 0. The predicted octanol–water partition coefficient (Wildman–Crippen LogP) is 2.28. The molecule has 0 aromatic heterocycles. The zero-order valence-corrected chi connectivity index (χ0v) is 7.68. The Kier molecular flexibility index (Phi) is 9.31. The van der Waals surface area contributed by atoms with Gasteiger partial charge in [-0.15, -0.1) is 0 Å². The van der Waals surface area contributed by atoms with E-state index in [1.807, 2.05) is 6.21 Å². The molecule has 0 saturated carbocycles. The third-order valence-corrected chi connectivity index (χ3v) is 1.51. The van der Waals surface area contributed by atoms with Crippen LogP contribution in [0.15, 0.2) is 4.99 Å². The maximum absolute atomic E-state index is 4.82. The van der Waals surface area contributed by atoms with Gasteiger partial charge >= 0.3 is 0 Å². The Balaban J connectivity index is 2.89. The van der Waals surface area contributed by atoms with Crippen molar-refractivity contribution in [2.75, 3.05) is 20.3 Å². The highest BCUT2D eigenvalue weighted by Crippen LogP contribution is 1.97. The summed E-state index contributed by atoms with van der Waals surface area (Å²) in [5.41, 5.74) is 0. The third-order valence-electron chi connectivity index (χ3n) is 1.51. The van der Waals surface area contributed by atoms with Crippen LogP contribution in [0.3, 0.4) is 0 Å². The lowest BCUT2D eigenvalue weighted by Crippen LogP contribution is -1.90. The quantitative estimate of drug-likeness (QED) is 0.410. The van der Waals surface area contributed by atoms with Gasteiger partial charge in [0.15, 0.2) is 0 Å². The van der Waals surface area contributed by atoms with Crippen molar-refractivity contribution in [1.29, 1.82) is 0 Å². The molecule has 0 amide bonds. The van der Waals surface area contributed by atoms with Gasteiger partial charge in [-0.3, -0.25) is 4.99 Å². The molecule has 2 nitrogen and oxygen atoms in total. The fraction of sp³-hybridized carbons (Fsp3) is 0.889. The van der Waals surface area contributed by atoms with E-state index in [4.69, 9.17) is 4.74 Å². The van der Waals surface area contributed by atoms with E-state index >= 15 is 0 Å². The molecule has 0 aliphatic carbocycles. The maximum Gasteiger partial charge on any atom is 0.0810 e. The largest absolute Gasteiger partial charge is 0.379 e. The number of methoxy groups -OCH3 is 1. The highest BCUT2D eigenvalue weighted by Gasteiger charge is 1.83. The molecule has 0 saturated heterocycles. The van der Waals surface area contributed by atoms with E-state index in [0.717, 1.165) is 6.54 Å². The van der Waals surface area contributed by atoms with Gasteiger partial charge in [-0.25, -0.2) is 0 Å². The molecule has 0 rings (SSSR count). The average molecular weight is 157 g/mol. The second-order valence-corrected chi connectivity index (χ2v) is 2.60. The van der Waals surface area contributed by atoms with Gasteiger partial charge in [0, 0.05) is 19.9 Å². The van der Waals surface area contributed by atoms with Crippen LogP contribution in [0.2, 0.25) is 0 Å². The minimum atomic E-state index is 0.647. The van der Waals surface area contributed by atoms with Crippen LogP contribution in [0.25, 0.3) is 0 Å². The lowest BCUT2D eigenvalue weighted by molar-refractivity contribution is 0.248. The molecule has 0 atom stereocenters. The molecule has 0 aromatic rings. The van der Waals surface area contributed by atoms with E-state index in [2.05, 4.69) is 11.9 Å². The van der Waals surface area contributed by atoms with Crippen LogP contribution in [-0.4, -0.2) is 26.5 Å². The number of hydrogen-bond acceptors (Lipinski definition) is 2. The average Bonchev–Trinajstić information content (AvgIpc) is 2.03. The molecule has 11 heavy (non-hydrogen) atoms. The van der Waals surface area contributed by atoms with Crippen molar-refractivity contribution in [3.63, 3.8) is 0 Å². The van der Waals surface area contributed by atoms with Gasteiger partial charge in [0.2, 0.25) is 0 Å². The van der Waals surface area contributed by atoms with Crippen molar-refractivity contribution in [1.82, 2.24) is 0 Å². The first-order valence-electron chi connectivity index (χ1n) is 4.39. The van der Waals surface area contributed by atoms with Crippen LogP contribution in [-0.2, 0) is 4.74 Å². The molecule has 66 valence electrons. The Morgan fingerprint density at radius 2 is 2.09 bits per heavy atom. The standard InChI is InChI=1S/C9H19NO/c1-3-4-5-6-7-10-8-9-11-2/h8H,3-7,9H2,1-2H3. The molecule has 2 heteroatoms. The normalized spacial score (nSPS) is 11.1. The number of nitrogens with zero attached hydrogens (tertiary/aromatic N) is 1. The predicted molar refractivity (Wildman–Crippen MR) is 49.4 cm³/mol. The summed E-state index contributed by atoms with van der Waals surface area (Å²) in [6, 6.07) is 0. The molecule has 0 fully saturated rings. The molecular weight excluding hydrogens is 138 g/mol. The van der Waals surface area contributed by atoms with Gasteiger partial charge in [0.1, 0.15) is 0 Å². The summed E-state index contributed by atoms with van der Waals surface area (Å²) in [4.78, 5) is 4.18. The number of unbranched alkanes of at least 4 members (excludes halogenated alkanes) is 3. The Bertz CT molecular complexity index is 91.6. The first-order valence-corrected chi connectivity index (χ1v) is 4.39. The summed E-state index contributed by atoms with van der Waals surface area (Å²) in [5, 5.41) is 0. The summed E-state index contributed by atoms with van der Waals surface area (Å²) in [7, 11) is 1.68. The summed E-state index contributed by atoms with van der Waals surface area (Å²) in [6.45, 7) is 3.82. The van der Waals surface area contributed by atoms with E-state index < -0.39 is 0 Å². The van der Waals surface area contributed by atoms with Gasteiger partial charge in [-0.05, 0) is 6.42 Å². The van der Waals surface area contributed by atoms with Crippen molar-refractivity contribution in [3.8, 4) is 0 Å². The van der Waals surface area contributed by atoms with Crippen LogP contribution in [0.4, 0.5) is 0 Å². The highest BCUT2D eigenvalue weighted by molar-refractivity contribution is 5.58. The first-order chi connectivity index (χ1) is 5.41. The van der Waals surface area contributed by atoms with Crippen LogP contribution >= 0.6 is 0 Å². The molecule has 0 N–H and O–H groups in total. The molecular formula is C9H19NO. The van der Waals surface area contributed by atoms with E-state index in [-0.39, 0.29) is 0 Å². The van der Waals surface area contributed by atoms with Crippen LogP contribution < -0.4 is 0 Å². The molecule has 0 aliphatic heterocycles. The van der Waals surface area contributed by atoms with Crippen molar-refractivity contribution >= 4 is 6.21 Å². The fourth-order valence-corrected chi connectivity index (χ4v) is 0.848. The van der Waals surface area contributed by atoms with E-state index in [9.17, 15) is 0 Å². The zero-order chi connectivity index (χ0) is 8.36. The van der Waals surface area contributed by atoms with Crippen LogP contribution in [0.5, 0.6) is 0 Å². The smallest absolute Gasteiger partial charge is 0.0810 e. The second kappa shape index (κ2) is 9.63. The lowest BCUT2D eigenvalue weighted by Gasteiger charge is -1.93. The Morgan fingerprint density at radius 3 is 2.73 bits per heavy atom. The molecule has 0 aliphatic rings. The highest BCUT2D eigenvalue weighted by atomic mass is 16.5. The van der Waals surface area contributed by atoms with E-state index in [1.165, 1.54) is 25.7 Å². The summed E-state index contributed by atoms with van der Waals surface area (Å²) in [5.74, 6) is 0. The lowest BCUT2D eigenvalue weighted by atomic mass is 10.2. The molecule has 0 unspecified atom stereocenters. The first kappa shape index (κ1) is 10.6. The summed E-state index contributed by atoms with van der Waals surface area (Å²) >= 11 is 0. The van der Waals surface area contributed by atoms with Crippen molar-refractivity contribution in [2.45, 2.75) is 32.6 Å². The Morgan fingerprint density at radius 1 is 1.27 bits per heavy atom. The van der Waals surface area contributed by atoms with Gasteiger partial charge in [-0.2, -0.15) is 0 Å². The number of ether oxygens (including phenoxy) is 1. The zero-order valence-electron chi connectivity index (χ0n) is 7.68. The van der Waals surface area contributed by atoms with Gasteiger partial charge < -0.3 is 4.74 Å². The number of aliphatic imine (C=N–C) groups is 1. The Hall–Kier alpha value is -0.370. The Labute approximate surface area is 69.7 Å². The molecule has 0 aromatic carbocycles. The van der Waals surface area contributed by atoms with Crippen molar-refractivity contribution < 1.29 is 4.74 Å². The molecule has 0 heterocycles. The summed E-state index contributed by atoms with van der Waals surface area (Å²) in [6.07, 6.45) is 6.99. The number of rotatable bonds is 7. The van der Waals surface area contributed by atoms with Gasteiger partial charge in [0.05, 0.1) is 6.61 Å². The third kappa shape index (κ3) is 9.63. The molecule has 0 bridgehead atoms. The SMILES string of the molecule is CCCCCCN=CCOC. The molecule has 0 spiro atoms. The van der Waals surface area contributed by atoms with Gasteiger partial charge in [0.25, 0.3) is 0 Å². The van der Waals surface area contributed by atoms with Crippen LogP contribution in [0.1, 0.15) is 32.6 Å². The fourth-order valence-electron chi connectivity index (χ4n) is 0.848. The minimum Gasteiger partial charge on any atom is -0.379 e. The van der Waals surface area contributed by atoms with Gasteiger partial charge in [-0.1, -0.05) is 26.2 Å². The van der Waals surface area contributed by atoms with Crippen molar-refractivity contribution in [2.24, 2.45) is 4.99 Å². The molecule has 0 radical (unpaired) electrons. The summed E-state index contributed by atoms with van der Waals surface area (Å²) < 4.78 is 4.82. The maximum atomic E-state index is 4.82.